The summed E-state index contributed by atoms with van der Waals surface area (Å²) in [4.78, 5) is 19.9. The van der Waals surface area contributed by atoms with Gasteiger partial charge in [-0.05, 0) is 36.6 Å². The molecular formula is C24H33IN4OS. The number of thioether (sulfide) groups is 1. The van der Waals surface area contributed by atoms with E-state index in [1.807, 2.05) is 22.7 Å². The lowest BCUT2D eigenvalue weighted by molar-refractivity contribution is -0.128. The summed E-state index contributed by atoms with van der Waals surface area (Å²) in [5.41, 5.74) is 2.33. The van der Waals surface area contributed by atoms with Crippen LogP contribution in [-0.2, 0) is 17.9 Å². The summed E-state index contributed by atoms with van der Waals surface area (Å²) in [6.07, 6.45) is 1.66. The Hall–Kier alpha value is -1.74. The lowest BCUT2D eigenvalue weighted by atomic mass is 10.1. The van der Waals surface area contributed by atoms with Gasteiger partial charge < -0.3 is 15.5 Å². The lowest BCUT2D eigenvalue weighted by Gasteiger charge is -2.17. The van der Waals surface area contributed by atoms with Crippen LogP contribution in [0.5, 0.6) is 0 Å². The second-order valence-electron chi connectivity index (χ2n) is 7.56. The molecule has 3 rings (SSSR count). The Bertz CT molecular complexity index is 846. The van der Waals surface area contributed by atoms with Crippen molar-refractivity contribution in [3.63, 3.8) is 0 Å². The lowest BCUT2D eigenvalue weighted by Crippen LogP contribution is -2.40. The van der Waals surface area contributed by atoms with E-state index in [2.05, 4.69) is 73.0 Å². The second-order valence-corrected chi connectivity index (χ2v) is 9.07. The number of hydrogen-bond donors (Lipinski definition) is 2. The van der Waals surface area contributed by atoms with E-state index < -0.39 is 0 Å². The van der Waals surface area contributed by atoms with Gasteiger partial charge in [0.2, 0.25) is 5.91 Å². The molecule has 0 radical (unpaired) electrons. The maximum absolute atomic E-state index is 11.9. The highest BCUT2D eigenvalue weighted by molar-refractivity contribution is 14.0. The number of carbonyl (C=O) groups excluding carboxylic acids is 1. The van der Waals surface area contributed by atoms with Crippen LogP contribution in [0.15, 0.2) is 64.5 Å². The average molecular weight is 553 g/mol. The molecule has 0 aliphatic carbocycles. The van der Waals surface area contributed by atoms with Crippen LogP contribution in [0.4, 0.5) is 0 Å². The first kappa shape index (κ1) is 25.5. The fourth-order valence-electron chi connectivity index (χ4n) is 3.44. The first-order valence-corrected chi connectivity index (χ1v) is 11.6. The van der Waals surface area contributed by atoms with Crippen molar-refractivity contribution < 1.29 is 4.79 Å². The Balaban J connectivity index is 0.00000341. The van der Waals surface area contributed by atoms with Crippen molar-refractivity contribution in [1.29, 1.82) is 0 Å². The Morgan fingerprint density at radius 1 is 1.13 bits per heavy atom. The highest BCUT2D eigenvalue weighted by atomic mass is 127. The number of amides is 1. The SMILES string of the molecule is CCNC(=NCc1cccc(CN2CCCC2=O)c1)NCC(C)Sc1ccccc1.I. The largest absolute Gasteiger partial charge is 0.357 e. The number of hydrogen-bond acceptors (Lipinski definition) is 3. The summed E-state index contributed by atoms with van der Waals surface area (Å²) in [5.74, 6) is 1.10. The fourth-order valence-corrected chi connectivity index (χ4v) is 4.39. The van der Waals surface area contributed by atoms with E-state index >= 15 is 0 Å². The molecule has 31 heavy (non-hydrogen) atoms. The molecule has 1 heterocycles. The van der Waals surface area contributed by atoms with Crippen LogP contribution in [0.2, 0.25) is 0 Å². The number of halogens is 1. The quantitative estimate of drug-likeness (QED) is 0.206. The van der Waals surface area contributed by atoms with E-state index in [1.165, 1.54) is 10.5 Å². The summed E-state index contributed by atoms with van der Waals surface area (Å²) in [6, 6.07) is 18.9. The highest BCUT2D eigenvalue weighted by Crippen LogP contribution is 2.22. The van der Waals surface area contributed by atoms with Crippen molar-refractivity contribution in [2.45, 2.75) is 49.9 Å². The molecular weight excluding hydrogens is 519 g/mol. The molecule has 0 saturated carbocycles. The van der Waals surface area contributed by atoms with Crippen molar-refractivity contribution in [3.8, 4) is 0 Å². The van der Waals surface area contributed by atoms with Crippen molar-refractivity contribution in [2.24, 2.45) is 4.99 Å². The predicted octanol–water partition coefficient (Wildman–Crippen LogP) is 4.66. The number of likely N-dealkylation sites (tertiary alicyclic amines) is 1. The molecule has 2 N–H and O–H groups in total. The smallest absolute Gasteiger partial charge is 0.222 e. The molecule has 1 unspecified atom stereocenters. The molecule has 1 saturated heterocycles. The molecule has 0 bridgehead atoms. The Labute approximate surface area is 207 Å². The summed E-state index contributed by atoms with van der Waals surface area (Å²) in [6.45, 7) is 8.13. The number of guanidine groups is 1. The maximum Gasteiger partial charge on any atom is 0.222 e. The van der Waals surface area contributed by atoms with Crippen LogP contribution < -0.4 is 10.6 Å². The van der Waals surface area contributed by atoms with Gasteiger partial charge in [0.1, 0.15) is 0 Å². The molecule has 0 spiro atoms. The highest BCUT2D eigenvalue weighted by Gasteiger charge is 2.19. The number of rotatable bonds is 9. The molecule has 0 aromatic heterocycles. The molecule has 1 amide bonds. The van der Waals surface area contributed by atoms with Crippen LogP contribution in [-0.4, -0.2) is 41.7 Å². The Morgan fingerprint density at radius 3 is 2.61 bits per heavy atom. The minimum atomic E-state index is 0. The molecule has 5 nitrogen and oxygen atoms in total. The zero-order valence-corrected chi connectivity index (χ0v) is 21.5. The topological polar surface area (TPSA) is 56.7 Å². The van der Waals surface area contributed by atoms with Gasteiger partial charge in [0, 0.05) is 42.7 Å². The third kappa shape index (κ3) is 8.73. The Morgan fingerprint density at radius 2 is 1.90 bits per heavy atom. The van der Waals surface area contributed by atoms with E-state index in [0.717, 1.165) is 37.6 Å². The van der Waals surface area contributed by atoms with E-state index in [-0.39, 0.29) is 29.9 Å². The van der Waals surface area contributed by atoms with Gasteiger partial charge in [-0.2, -0.15) is 0 Å². The molecule has 168 valence electrons. The minimum absolute atomic E-state index is 0. The van der Waals surface area contributed by atoms with Gasteiger partial charge in [-0.25, -0.2) is 4.99 Å². The first-order valence-electron chi connectivity index (χ1n) is 10.7. The average Bonchev–Trinajstić information content (AvgIpc) is 3.15. The van der Waals surface area contributed by atoms with E-state index in [1.54, 1.807) is 0 Å². The van der Waals surface area contributed by atoms with Crippen LogP contribution in [0, 0.1) is 0 Å². The number of carbonyl (C=O) groups is 1. The summed E-state index contributed by atoms with van der Waals surface area (Å²) >= 11 is 1.86. The van der Waals surface area contributed by atoms with Gasteiger partial charge in [-0.1, -0.05) is 49.4 Å². The first-order chi connectivity index (χ1) is 14.6. The van der Waals surface area contributed by atoms with Gasteiger partial charge in [-0.3, -0.25) is 4.79 Å². The summed E-state index contributed by atoms with van der Waals surface area (Å²) in [7, 11) is 0. The van der Waals surface area contributed by atoms with Crippen LogP contribution in [0.3, 0.4) is 0 Å². The molecule has 7 heteroatoms. The maximum atomic E-state index is 11.9. The van der Waals surface area contributed by atoms with Crippen LogP contribution >= 0.6 is 35.7 Å². The van der Waals surface area contributed by atoms with Crippen LogP contribution in [0.1, 0.15) is 37.8 Å². The molecule has 2 aromatic rings. The van der Waals surface area contributed by atoms with Crippen molar-refractivity contribution in [2.75, 3.05) is 19.6 Å². The monoisotopic (exact) mass is 552 g/mol. The third-order valence-corrected chi connectivity index (χ3v) is 6.05. The van der Waals surface area contributed by atoms with E-state index in [9.17, 15) is 4.79 Å². The molecule has 1 fully saturated rings. The van der Waals surface area contributed by atoms with Gasteiger partial charge >= 0.3 is 0 Å². The van der Waals surface area contributed by atoms with Crippen molar-refractivity contribution >= 4 is 47.6 Å². The number of nitrogens with one attached hydrogen (secondary N) is 2. The van der Waals surface area contributed by atoms with Crippen molar-refractivity contribution in [1.82, 2.24) is 15.5 Å². The summed E-state index contributed by atoms with van der Waals surface area (Å²) < 4.78 is 0. The van der Waals surface area contributed by atoms with Gasteiger partial charge in [-0.15, -0.1) is 35.7 Å². The summed E-state index contributed by atoms with van der Waals surface area (Å²) in [5, 5.41) is 7.21. The number of nitrogens with zero attached hydrogens (tertiary/aromatic N) is 2. The zero-order chi connectivity index (χ0) is 21.2. The van der Waals surface area contributed by atoms with E-state index in [0.29, 0.717) is 24.8 Å². The Kier molecular flexibility index (Phi) is 11.2. The third-order valence-electron chi connectivity index (χ3n) is 4.94. The van der Waals surface area contributed by atoms with Crippen molar-refractivity contribution in [3.05, 3.63) is 65.7 Å². The number of aliphatic imine (C=N–C) groups is 1. The normalized spacial score (nSPS) is 14.8. The van der Waals surface area contributed by atoms with Crippen LogP contribution in [0.25, 0.3) is 0 Å². The number of benzene rings is 2. The molecule has 2 aromatic carbocycles. The molecule has 1 aliphatic heterocycles. The predicted molar refractivity (Wildman–Crippen MR) is 141 cm³/mol. The van der Waals surface area contributed by atoms with E-state index in [4.69, 9.17) is 4.99 Å². The fraction of sp³-hybridized carbons (Fsp3) is 0.417. The molecule has 1 atom stereocenters. The standard InChI is InChI=1S/C24H32N4OS.HI/c1-3-25-24(26-16-19(2)30-22-11-5-4-6-12-22)27-17-20-9-7-10-21(15-20)18-28-14-8-13-23(28)29;/h4-7,9-12,15,19H,3,8,13-14,16-18H2,1-2H3,(H2,25,26,27);1H. The van der Waals surface area contributed by atoms with Gasteiger partial charge in [0.05, 0.1) is 6.54 Å². The van der Waals surface area contributed by atoms with Gasteiger partial charge in [0.15, 0.2) is 5.96 Å². The zero-order valence-electron chi connectivity index (χ0n) is 18.3. The molecule has 1 aliphatic rings. The van der Waals surface area contributed by atoms with Gasteiger partial charge in [0.25, 0.3) is 0 Å². The minimum Gasteiger partial charge on any atom is -0.357 e. The second kappa shape index (κ2) is 13.6.